The van der Waals surface area contributed by atoms with Crippen molar-refractivity contribution >= 4 is 56.5 Å². The molecule has 0 N–H and O–H groups in total. The minimum atomic E-state index is 1.31. The molecular weight excluding hydrogens is 418 g/mol. The summed E-state index contributed by atoms with van der Waals surface area (Å²) in [4.78, 5) is 1.38. The van der Waals surface area contributed by atoms with Crippen molar-refractivity contribution in [1.82, 2.24) is 0 Å². The maximum absolute atomic E-state index is 2.42. The largest absolute Gasteiger partial charge is 0.142 e. The second-order valence-corrected chi connectivity index (χ2v) is 6.21. The normalized spacial score (nSPS) is 10.5. The standard InChI is InChI=1S/C11H8I2S/c1-7-2-4-8(5-3-7)11-10(13)9(12)6-14-11/h2-6H,1H3. The minimum absolute atomic E-state index is 1.31. The van der Waals surface area contributed by atoms with Crippen LogP contribution in [-0.4, -0.2) is 0 Å². The highest BCUT2D eigenvalue weighted by Crippen LogP contribution is 2.34. The Bertz CT molecular complexity index is 443. The third-order valence-electron chi connectivity index (χ3n) is 2.00. The van der Waals surface area contributed by atoms with Gasteiger partial charge in [-0.15, -0.1) is 11.3 Å². The van der Waals surface area contributed by atoms with Crippen molar-refractivity contribution in [3.63, 3.8) is 0 Å². The van der Waals surface area contributed by atoms with Gasteiger partial charge in [0.1, 0.15) is 0 Å². The van der Waals surface area contributed by atoms with Gasteiger partial charge in [-0.25, -0.2) is 0 Å². The molecule has 0 nitrogen and oxygen atoms in total. The first-order chi connectivity index (χ1) is 6.68. The van der Waals surface area contributed by atoms with E-state index in [0.717, 1.165) is 0 Å². The Morgan fingerprint density at radius 2 is 1.71 bits per heavy atom. The Balaban J connectivity index is 2.49. The van der Waals surface area contributed by atoms with E-state index in [-0.39, 0.29) is 0 Å². The molecule has 2 rings (SSSR count). The Hall–Kier alpha value is 0.380. The van der Waals surface area contributed by atoms with Gasteiger partial charge in [0, 0.05) is 17.4 Å². The van der Waals surface area contributed by atoms with Crippen molar-refractivity contribution in [2.75, 3.05) is 0 Å². The van der Waals surface area contributed by atoms with Crippen molar-refractivity contribution in [1.29, 1.82) is 0 Å². The van der Waals surface area contributed by atoms with Gasteiger partial charge in [-0.3, -0.25) is 0 Å². The van der Waals surface area contributed by atoms with Crippen molar-refractivity contribution in [2.24, 2.45) is 0 Å². The lowest BCUT2D eigenvalue weighted by Gasteiger charge is -1.99. The van der Waals surface area contributed by atoms with Crippen molar-refractivity contribution in [3.05, 3.63) is 42.3 Å². The van der Waals surface area contributed by atoms with E-state index in [0.29, 0.717) is 0 Å². The number of hydrogen-bond donors (Lipinski definition) is 0. The van der Waals surface area contributed by atoms with E-state index in [2.05, 4.69) is 81.8 Å². The van der Waals surface area contributed by atoms with Crippen LogP contribution < -0.4 is 0 Å². The molecule has 14 heavy (non-hydrogen) atoms. The molecular formula is C11H8I2S. The van der Waals surface area contributed by atoms with Gasteiger partial charge < -0.3 is 0 Å². The van der Waals surface area contributed by atoms with Crippen LogP contribution in [0.3, 0.4) is 0 Å². The second kappa shape index (κ2) is 4.49. The first-order valence-electron chi connectivity index (χ1n) is 4.18. The highest BCUT2D eigenvalue weighted by molar-refractivity contribution is 14.1. The molecule has 72 valence electrons. The lowest BCUT2D eigenvalue weighted by Crippen LogP contribution is -1.77. The number of rotatable bonds is 1. The number of hydrogen-bond acceptors (Lipinski definition) is 1. The molecule has 1 aromatic heterocycles. The summed E-state index contributed by atoms with van der Waals surface area (Å²) in [6.45, 7) is 2.12. The lowest BCUT2D eigenvalue weighted by molar-refractivity contribution is 1.47. The highest BCUT2D eigenvalue weighted by atomic mass is 127. The maximum Gasteiger partial charge on any atom is 0.0487 e. The van der Waals surface area contributed by atoms with E-state index < -0.39 is 0 Å². The fourth-order valence-electron chi connectivity index (χ4n) is 1.22. The van der Waals surface area contributed by atoms with E-state index in [1.165, 1.54) is 23.1 Å². The molecule has 0 saturated heterocycles. The van der Waals surface area contributed by atoms with Crippen LogP contribution in [0.15, 0.2) is 29.6 Å². The van der Waals surface area contributed by atoms with Crippen LogP contribution in [0.25, 0.3) is 10.4 Å². The van der Waals surface area contributed by atoms with Crippen LogP contribution in [0.5, 0.6) is 0 Å². The zero-order chi connectivity index (χ0) is 10.1. The molecule has 0 aliphatic heterocycles. The summed E-state index contributed by atoms with van der Waals surface area (Å²) in [6.07, 6.45) is 0. The summed E-state index contributed by atoms with van der Waals surface area (Å²) < 4.78 is 2.72. The van der Waals surface area contributed by atoms with Gasteiger partial charge in [0.25, 0.3) is 0 Å². The van der Waals surface area contributed by atoms with E-state index >= 15 is 0 Å². The predicted octanol–water partition coefficient (Wildman–Crippen LogP) is 4.93. The van der Waals surface area contributed by atoms with E-state index in [1.54, 1.807) is 0 Å². The second-order valence-electron chi connectivity index (χ2n) is 3.09. The Kier molecular flexibility index (Phi) is 3.49. The quantitative estimate of drug-likeness (QED) is 0.568. The summed E-state index contributed by atoms with van der Waals surface area (Å²) in [5, 5.41) is 2.21. The summed E-state index contributed by atoms with van der Waals surface area (Å²) in [5.74, 6) is 0. The van der Waals surface area contributed by atoms with E-state index in [9.17, 15) is 0 Å². The molecule has 3 heteroatoms. The smallest absolute Gasteiger partial charge is 0.0487 e. The van der Waals surface area contributed by atoms with Crippen LogP contribution >= 0.6 is 56.5 Å². The summed E-state index contributed by atoms with van der Waals surface area (Å²) >= 11 is 6.62. The van der Waals surface area contributed by atoms with Gasteiger partial charge in [0.05, 0.1) is 0 Å². The van der Waals surface area contributed by atoms with Crippen LogP contribution in [0.2, 0.25) is 0 Å². The number of halogens is 2. The molecule has 0 radical (unpaired) electrons. The van der Waals surface area contributed by atoms with Crippen molar-refractivity contribution in [2.45, 2.75) is 6.92 Å². The van der Waals surface area contributed by atoms with Crippen molar-refractivity contribution in [3.8, 4) is 10.4 Å². The molecule has 0 saturated carbocycles. The van der Waals surface area contributed by atoms with Crippen LogP contribution in [0.4, 0.5) is 0 Å². The first kappa shape index (κ1) is 10.9. The summed E-state index contributed by atoms with van der Waals surface area (Å²) in [5.41, 5.74) is 2.64. The minimum Gasteiger partial charge on any atom is -0.142 e. The fraction of sp³-hybridized carbons (Fsp3) is 0.0909. The predicted molar refractivity (Wildman–Crippen MR) is 79.9 cm³/mol. The van der Waals surface area contributed by atoms with Gasteiger partial charge in [0.2, 0.25) is 0 Å². The monoisotopic (exact) mass is 426 g/mol. The van der Waals surface area contributed by atoms with Gasteiger partial charge in [0.15, 0.2) is 0 Å². The molecule has 0 aliphatic carbocycles. The molecule has 1 heterocycles. The van der Waals surface area contributed by atoms with Crippen LogP contribution in [0.1, 0.15) is 5.56 Å². The zero-order valence-corrected chi connectivity index (χ0v) is 12.7. The zero-order valence-electron chi connectivity index (χ0n) is 7.55. The molecule has 1 aromatic carbocycles. The third-order valence-corrected chi connectivity index (χ3v) is 6.82. The molecule has 0 atom stereocenters. The Labute approximate surface area is 115 Å². The lowest BCUT2D eigenvalue weighted by atomic mass is 10.1. The molecule has 2 aromatic rings. The first-order valence-corrected chi connectivity index (χ1v) is 7.21. The summed E-state index contributed by atoms with van der Waals surface area (Å²) in [7, 11) is 0. The third kappa shape index (κ3) is 2.14. The van der Waals surface area contributed by atoms with Gasteiger partial charge in [-0.2, -0.15) is 0 Å². The molecule has 0 bridgehead atoms. The number of benzene rings is 1. The van der Waals surface area contributed by atoms with Crippen LogP contribution in [-0.2, 0) is 0 Å². The average Bonchev–Trinajstić information content (AvgIpc) is 2.50. The number of aryl methyl sites for hydroxylation is 1. The van der Waals surface area contributed by atoms with E-state index in [4.69, 9.17) is 0 Å². The Morgan fingerprint density at radius 1 is 1.07 bits per heavy atom. The van der Waals surface area contributed by atoms with Gasteiger partial charge in [-0.1, -0.05) is 29.8 Å². The average molecular weight is 426 g/mol. The molecule has 0 amide bonds. The van der Waals surface area contributed by atoms with Crippen molar-refractivity contribution < 1.29 is 0 Å². The molecule has 0 unspecified atom stereocenters. The van der Waals surface area contributed by atoms with Gasteiger partial charge >= 0.3 is 0 Å². The number of thiophene rings is 1. The fourth-order valence-corrected chi connectivity index (χ4v) is 3.94. The molecule has 0 spiro atoms. The molecule has 0 aliphatic rings. The molecule has 0 fully saturated rings. The van der Waals surface area contributed by atoms with Crippen LogP contribution in [0, 0.1) is 14.1 Å². The van der Waals surface area contributed by atoms with E-state index in [1.807, 2.05) is 11.3 Å². The topological polar surface area (TPSA) is 0 Å². The highest BCUT2D eigenvalue weighted by Gasteiger charge is 2.08. The summed E-state index contributed by atoms with van der Waals surface area (Å²) in [6, 6.07) is 8.72. The Morgan fingerprint density at radius 3 is 2.21 bits per heavy atom. The van der Waals surface area contributed by atoms with Gasteiger partial charge in [-0.05, 0) is 57.7 Å². The maximum atomic E-state index is 2.42. The SMILES string of the molecule is Cc1ccc(-c2scc(I)c2I)cc1.